The summed E-state index contributed by atoms with van der Waals surface area (Å²) in [5, 5.41) is 9.08. The number of halogens is 1. The first-order chi connectivity index (χ1) is 9.52. The molecule has 0 heterocycles. The van der Waals surface area contributed by atoms with Gasteiger partial charge in [0.15, 0.2) is 11.5 Å². The second-order valence-electron chi connectivity index (χ2n) is 6.18. The van der Waals surface area contributed by atoms with E-state index in [0.717, 1.165) is 0 Å². The molecule has 4 nitrogen and oxygen atoms in total. The Kier molecular flexibility index (Phi) is 4.87. The minimum Gasteiger partial charge on any atom is -0.493 e. The van der Waals surface area contributed by atoms with Gasteiger partial charge in [-0.05, 0) is 37.1 Å². The van der Waals surface area contributed by atoms with Crippen LogP contribution in [0.15, 0.2) is 12.1 Å². The molecule has 0 spiro atoms. The van der Waals surface area contributed by atoms with Crippen LogP contribution in [0, 0.1) is 0 Å². The first-order valence-corrected chi connectivity index (χ1v) is 6.70. The standard InChI is InChI=1S/C16H23FO4/c1-15(2,9-14(18)19)10-7-12(20-5)13(21-6)8-11(10)16(3,4)17/h7-8H,9H2,1-6H3,(H,18,19). The van der Waals surface area contributed by atoms with E-state index in [-0.39, 0.29) is 6.42 Å². The topological polar surface area (TPSA) is 55.8 Å². The maximum absolute atomic E-state index is 14.6. The fraction of sp³-hybridized carbons (Fsp3) is 0.562. The van der Waals surface area contributed by atoms with E-state index in [2.05, 4.69) is 0 Å². The van der Waals surface area contributed by atoms with Crippen molar-refractivity contribution in [1.29, 1.82) is 0 Å². The van der Waals surface area contributed by atoms with Crippen molar-refractivity contribution in [3.63, 3.8) is 0 Å². The van der Waals surface area contributed by atoms with Gasteiger partial charge in [-0.15, -0.1) is 0 Å². The summed E-state index contributed by atoms with van der Waals surface area (Å²) in [5.41, 5.74) is -1.34. The molecule has 0 amide bonds. The molecule has 118 valence electrons. The highest BCUT2D eigenvalue weighted by Crippen LogP contribution is 2.42. The summed E-state index contributed by atoms with van der Waals surface area (Å²) < 4.78 is 25.0. The van der Waals surface area contributed by atoms with E-state index < -0.39 is 17.1 Å². The van der Waals surface area contributed by atoms with E-state index in [1.807, 2.05) is 0 Å². The van der Waals surface area contributed by atoms with Gasteiger partial charge in [0.2, 0.25) is 0 Å². The van der Waals surface area contributed by atoms with E-state index in [9.17, 15) is 9.18 Å². The number of carboxylic acids is 1. The van der Waals surface area contributed by atoms with Crippen molar-refractivity contribution in [2.45, 2.75) is 45.2 Å². The molecule has 0 aromatic heterocycles. The van der Waals surface area contributed by atoms with Crippen LogP contribution in [-0.2, 0) is 15.9 Å². The third-order valence-electron chi connectivity index (χ3n) is 3.49. The summed E-state index contributed by atoms with van der Waals surface area (Å²) in [4.78, 5) is 11.1. The van der Waals surface area contributed by atoms with Crippen LogP contribution >= 0.6 is 0 Å². The molecule has 1 aromatic carbocycles. The summed E-state index contributed by atoms with van der Waals surface area (Å²) in [6.07, 6.45) is -0.106. The molecular formula is C16H23FO4. The first-order valence-electron chi connectivity index (χ1n) is 6.70. The Balaban J connectivity index is 3.58. The zero-order chi connectivity index (χ0) is 16.4. The van der Waals surface area contributed by atoms with Crippen molar-refractivity contribution in [2.24, 2.45) is 0 Å². The van der Waals surface area contributed by atoms with Gasteiger partial charge in [0.1, 0.15) is 5.67 Å². The molecule has 0 saturated heterocycles. The van der Waals surface area contributed by atoms with Crippen molar-refractivity contribution in [3.8, 4) is 11.5 Å². The third kappa shape index (κ3) is 3.86. The largest absolute Gasteiger partial charge is 0.493 e. The van der Waals surface area contributed by atoms with Gasteiger partial charge >= 0.3 is 5.97 Å². The molecule has 0 saturated carbocycles. The summed E-state index contributed by atoms with van der Waals surface area (Å²) in [6.45, 7) is 6.43. The lowest BCUT2D eigenvalue weighted by Crippen LogP contribution is -2.26. The molecule has 1 rings (SSSR count). The molecule has 0 aliphatic carbocycles. The van der Waals surface area contributed by atoms with E-state index in [4.69, 9.17) is 14.6 Å². The van der Waals surface area contributed by atoms with Gasteiger partial charge in [-0.25, -0.2) is 4.39 Å². The number of ether oxygens (including phenoxy) is 2. The molecule has 0 radical (unpaired) electrons. The highest BCUT2D eigenvalue weighted by molar-refractivity contribution is 5.69. The highest BCUT2D eigenvalue weighted by Gasteiger charge is 2.34. The average Bonchev–Trinajstić information content (AvgIpc) is 2.34. The zero-order valence-electron chi connectivity index (χ0n) is 13.4. The van der Waals surface area contributed by atoms with Crippen LogP contribution < -0.4 is 9.47 Å². The van der Waals surface area contributed by atoms with Crippen LogP contribution in [0.5, 0.6) is 11.5 Å². The van der Waals surface area contributed by atoms with Crippen LogP contribution in [0.25, 0.3) is 0 Å². The van der Waals surface area contributed by atoms with Crippen molar-refractivity contribution < 1.29 is 23.8 Å². The Morgan fingerprint density at radius 3 is 1.86 bits per heavy atom. The maximum atomic E-state index is 14.6. The molecule has 5 heteroatoms. The second-order valence-corrected chi connectivity index (χ2v) is 6.18. The van der Waals surface area contributed by atoms with Crippen molar-refractivity contribution >= 4 is 5.97 Å². The number of carboxylic acid groups (broad SMARTS) is 1. The van der Waals surface area contributed by atoms with E-state index in [1.54, 1.807) is 26.0 Å². The lowest BCUT2D eigenvalue weighted by molar-refractivity contribution is -0.138. The predicted octanol–water partition coefficient (Wildman–Crippen LogP) is 3.66. The second kappa shape index (κ2) is 5.92. The zero-order valence-corrected chi connectivity index (χ0v) is 13.4. The van der Waals surface area contributed by atoms with Crippen LogP contribution in [0.3, 0.4) is 0 Å². The number of benzene rings is 1. The van der Waals surface area contributed by atoms with Crippen molar-refractivity contribution in [1.82, 2.24) is 0 Å². The van der Waals surface area contributed by atoms with Crippen LogP contribution in [0.1, 0.15) is 45.2 Å². The van der Waals surface area contributed by atoms with Gasteiger partial charge in [0.05, 0.1) is 20.6 Å². The van der Waals surface area contributed by atoms with Gasteiger partial charge in [0.25, 0.3) is 0 Å². The van der Waals surface area contributed by atoms with Gasteiger partial charge in [0, 0.05) is 5.41 Å². The number of hydrogen-bond acceptors (Lipinski definition) is 3. The van der Waals surface area contributed by atoms with E-state index in [0.29, 0.717) is 22.6 Å². The Labute approximate surface area is 124 Å². The Morgan fingerprint density at radius 2 is 1.52 bits per heavy atom. The number of aliphatic carboxylic acids is 1. The molecule has 0 aliphatic heterocycles. The SMILES string of the molecule is COc1cc(C(C)(C)F)c(C(C)(C)CC(=O)O)cc1OC. The van der Waals surface area contributed by atoms with E-state index in [1.165, 1.54) is 28.1 Å². The van der Waals surface area contributed by atoms with E-state index >= 15 is 0 Å². The fourth-order valence-corrected chi connectivity index (χ4v) is 2.40. The Bertz CT molecular complexity index is 530. The molecule has 21 heavy (non-hydrogen) atoms. The van der Waals surface area contributed by atoms with Gasteiger partial charge < -0.3 is 14.6 Å². The number of rotatable bonds is 6. The van der Waals surface area contributed by atoms with Crippen molar-refractivity contribution in [3.05, 3.63) is 23.3 Å². The molecule has 0 aliphatic rings. The van der Waals surface area contributed by atoms with Gasteiger partial charge in [-0.3, -0.25) is 4.79 Å². The molecule has 0 unspecified atom stereocenters. The summed E-state index contributed by atoms with van der Waals surface area (Å²) >= 11 is 0. The molecule has 1 N–H and O–H groups in total. The minimum atomic E-state index is -1.62. The molecule has 1 aromatic rings. The fourth-order valence-electron chi connectivity index (χ4n) is 2.40. The van der Waals surface area contributed by atoms with Crippen LogP contribution in [-0.4, -0.2) is 25.3 Å². The third-order valence-corrected chi connectivity index (χ3v) is 3.49. The number of methoxy groups -OCH3 is 2. The lowest BCUT2D eigenvalue weighted by atomic mass is 9.76. The smallest absolute Gasteiger partial charge is 0.304 e. The summed E-state index contributed by atoms with van der Waals surface area (Å²) in [5.74, 6) is -0.0514. The Hall–Kier alpha value is -1.78. The summed E-state index contributed by atoms with van der Waals surface area (Å²) in [7, 11) is 2.97. The quantitative estimate of drug-likeness (QED) is 0.870. The summed E-state index contributed by atoms with van der Waals surface area (Å²) in [6, 6.07) is 3.25. The monoisotopic (exact) mass is 298 g/mol. The number of hydrogen-bond donors (Lipinski definition) is 1. The van der Waals surface area contributed by atoms with Crippen LogP contribution in [0.2, 0.25) is 0 Å². The normalized spacial score (nSPS) is 12.1. The number of alkyl halides is 1. The predicted molar refractivity (Wildman–Crippen MR) is 79.0 cm³/mol. The first kappa shape index (κ1) is 17.3. The van der Waals surface area contributed by atoms with Crippen molar-refractivity contribution in [2.75, 3.05) is 14.2 Å². The number of carbonyl (C=O) groups is 1. The minimum absolute atomic E-state index is 0.106. The highest BCUT2D eigenvalue weighted by atomic mass is 19.1. The average molecular weight is 298 g/mol. The Morgan fingerprint density at radius 1 is 1.10 bits per heavy atom. The molecule has 0 atom stereocenters. The molecular weight excluding hydrogens is 275 g/mol. The van der Waals surface area contributed by atoms with Crippen LogP contribution in [0.4, 0.5) is 4.39 Å². The lowest BCUT2D eigenvalue weighted by Gasteiger charge is -2.31. The van der Waals surface area contributed by atoms with Gasteiger partial charge in [-0.1, -0.05) is 13.8 Å². The van der Waals surface area contributed by atoms with Gasteiger partial charge in [-0.2, -0.15) is 0 Å². The maximum Gasteiger partial charge on any atom is 0.304 e. The molecule has 0 fully saturated rings. The molecule has 0 bridgehead atoms.